The van der Waals surface area contributed by atoms with Gasteiger partial charge in [-0.25, -0.2) is 8.78 Å². The number of fused-ring (bicyclic) bond motifs is 1. The summed E-state index contributed by atoms with van der Waals surface area (Å²) in [5.41, 5.74) is 2.54. The minimum absolute atomic E-state index is 0.265. The third-order valence-corrected chi connectivity index (χ3v) is 3.38. The SMILES string of the molecule is CNC(c1ccc2nccnc2c1)c1cc(F)ccc1F. The van der Waals surface area contributed by atoms with Gasteiger partial charge < -0.3 is 5.32 Å². The third-order valence-electron chi connectivity index (χ3n) is 3.38. The Morgan fingerprint density at radius 3 is 2.48 bits per heavy atom. The molecule has 21 heavy (non-hydrogen) atoms. The summed E-state index contributed by atoms with van der Waals surface area (Å²) >= 11 is 0. The van der Waals surface area contributed by atoms with Crippen LogP contribution in [0.5, 0.6) is 0 Å². The lowest BCUT2D eigenvalue weighted by Crippen LogP contribution is -2.19. The Morgan fingerprint density at radius 2 is 1.71 bits per heavy atom. The summed E-state index contributed by atoms with van der Waals surface area (Å²) in [5, 5.41) is 3.01. The lowest BCUT2D eigenvalue weighted by atomic mass is 9.97. The van der Waals surface area contributed by atoms with Crippen molar-refractivity contribution in [2.45, 2.75) is 6.04 Å². The van der Waals surface area contributed by atoms with E-state index in [2.05, 4.69) is 15.3 Å². The van der Waals surface area contributed by atoms with Gasteiger partial charge in [-0.05, 0) is 42.9 Å². The molecule has 3 rings (SSSR count). The summed E-state index contributed by atoms with van der Waals surface area (Å²) in [7, 11) is 1.70. The number of benzene rings is 2. The molecule has 0 amide bonds. The second-order valence-electron chi connectivity index (χ2n) is 4.69. The maximum absolute atomic E-state index is 14.0. The average Bonchev–Trinajstić information content (AvgIpc) is 2.51. The molecule has 5 heteroatoms. The minimum atomic E-state index is -0.466. The first-order chi connectivity index (χ1) is 10.2. The van der Waals surface area contributed by atoms with Gasteiger partial charge in [0.25, 0.3) is 0 Å². The van der Waals surface area contributed by atoms with Crippen molar-refractivity contribution in [1.29, 1.82) is 0 Å². The van der Waals surface area contributed by atoms with E-state index in [1.54, 1.807) is 19.4 Å². The van der Waals surface area contributed by atoms with Crippen LogP contribution in [0.2, 0.25) is 0 Å². The number of hydrogen-bond acceptors (Lipinski definition) is 3. The molecule has 0 bridgehead atoms. The highest BCUT2D eigenvalue weighted by Gasteiger charge is 2.17. The molecule has 0 aliphatic carbocycles. The molecule has 1 unspecified atom stereocenters. The van der Waals surface area contributed by atoms with Crippen molar-refractivity contribution in [2.75, 3.05) is 7.05 Å². The normalized spacial score (nSPS) is 12.5. The van der Waals surface area contributed by atoms with Crippen molar-refractivity contribution in [3.05, 3.63) is 71.6 Å². The van der Waals surface area contributed by atoms with Gasteiger partial charge >= 0.3 is 0 Å². The summed E-state index contributed by atoms with van der Waals surface area (Å²) in [5.74, 6) is -0.915. The van der Waals surface area contributed by atoms with E-state index in [0.717, 1.165) is 23.2 Å². The molecule has 0 aliphatic heterocycles. The van der Waals surface area contributed by atoms with Crippen LogP contribution in [0.25, 0.3) is 11.0 Å². The quantitative estimate of drug-likeness (QED) is 0.803. The van der Waals surface area contributed by atoms with Crippen LogP contribution in [-0.4, -0.2) is 17.0 Å². The van der Waals surface area contributed by atoms with Crippen molar-refractivity contribution in [3.63, 3.8) is 0 Å². The van der Waals surface area contributed by atoms with Gasteiger partial charge in [0.15, 0.2) is 0 Å². The van der Waals surface area contributed by atoms with Gasteiger partial charge in [-0.3, -0.25) is 9.97 Å². The molecule has 1 atom stereocenters. The molecule has 0 saturated carbocycles. The van der Waals surface area contributed by atoms with E-state index in [1.165, 1.54) is 6.07 Å². The fourth-order valence-corrected chi connectivity index (χ4v) is 2.40. The zero-order valence-electron chi connectivity index (χ0n) is 11.3. The maximum atomic E-state index is 14.0. The topological polar surface area (TPSA) is 37.8 Å². The summed E-state index contributed by atoms with van der Waals surface area (Å²) in [6.45, 7) is 0. The van der Waals surface area contributed by atoms with Crippen molar-refractivity contribution in [1.82, 2.24) is 15.3 Å². The standard InChI is InChI=1S/C16H13F2N3/c1-19-16(12-9-11(17)3-4-13(12)18)10-2-5-14-15(8-10)21-7-6-20-14/h2-9,16,19H,1H3. The fourth-order valence-electron chi connectivity index (χ4n) is 2.40. The first-order valence-corrected chi connectivity index (χ1v) is 6.52. The van der Waals surface area contributed by atoms with E-state index in [-0.39, 0.29) is 5.56 Å². The summed E-state index contributed by atoms with van der Waals surface area (Å²) in [6, 6.07) is 8.48. The maximum Gasteiger partial charge on any atom is 0.128 e. The molecular weight excluding hydrogens is 272 g/mol. The zero-order chi connectivity index (χ0) is 14.8. The van der Waals surface area contributed by atoms with Crippen LogP contribution in [-0.2, 0) is 0 Å². The highest BCUT2D eigenvalue weighted by molar-refractivity contribution is 5.74. The van der Waals surface area contributed by atoms with Crippen LogP contribution in [0.15, 0.2) is 48.8 Å². The van der Waals surface area contributed by atoms with E-state index in [1.807, 2.05) is 18.2 Å². The molecule has 1 N–H and O–H groups in total. The predicted octanol–water partition coefficient (Wildman–Crippen LogP) is 3.22. The van der Waals surface area contributed by atoms with Gasteiger partial charge in [-0.15, -0.1) is 0 Å². The largest absolute Gasteiger partial charge is 0.309 e. The Morgan fingerprint density at radius 1 is 0.952 bits per heavy atom. The molecule has 1 aromatic heterocycles. The van der Waals surface area contributed by atoms with Gasteiger partial charge in [0, 0.05) is 18.0 Å². The number of nitrogens with zero attached hydrogens (tertiary/aromatic N) is 2. The summed E-state index contributed by atoms with van der Waals surface area (Å²) in [4.78, 5) is 8.43. The van der Waals surface area contributed by atoms with Crippen LogP contribution >= 0.6 is 0 Å². The Hall–Kier alpha value is -2.40. The second-order valence-corrected chi connectivity index (χ2v) is 4.69. The van der Waals surface area contributed by atoms with Gasteiger partial charge in [-0.2, -0.15) is 0 Å². The molecule has 0 spiro atoms. The second kappa shape index (κ2) is 5.54. The number of aromatic nitrogens is 2. The number of rotatable bonds is 3. The average molecular weight is 285 g/mol. The van der Waals surface area contributed by atoms with Crippen LogP contribution in [0.4, 0.5) is 8.78 Å². The van der Waals surface area contributed by atoms with E-state index in [9.17, 15) is 8.78 Å². The lowest BCUT2D eigenvalue weighted by molar-refractivity contribution is 0.558. The summed E-state index contributed by atoms with van der Waals surface area (Å²) < 4.78 is 27.4. The van der Waals surface area contributed by atoms with E-state index < -0.39 is 17.7 Å². The van der Waals surface area contributed by atoms with Crippen LogP contribution in [0.1, 0.15) is 17.2 Å². The molecule has 106 valence electrons. The van der Waals surface area contributed by atoms with Crippen LogP contribution in [0.3, 0.4) is 0 Å². The third kappa shape index (κ3) is 2.60. The number of nitrogens with one attached hydrogen (secondary N) is 1. The molecule has 2 aromatic carbocycles. The fraction of sp³-hybridized carbons (Fsp3) is 0.125. The van der Waals surface area contributed by atoms with Gasteiger partial charge in [-0.1, -0.05) is 6.07 Å². The monoisotopic (exact) mass is 285 g/mol. The molecule has 3 nitrogen and oxygen atoms in total. The van der Waals surface area contributed by atoms with E-state index >= 15 is 0 Å². The van der Waals surface area contributed by atoms with E-state index in [4.69, 9.17) is 0 Å². The Balaban J connectivity index is 2.11. The smallest absolute Gasteiger partial charge is 0.128 e. The highest BCUT2D eigenvalue weighted by atomic mass is 19.1. The van der Waals surface area contributed by atoms with Crippen molar-refractivity contribution < 1.29 is 8.78 Å². The van der Waals surface area contributed by atoms with E-state index in [0.29, 0.717) is 5.52 Å². The Labute approximate surface area is 120 Å². The minimum Gasteiger partial charge on any atom is -0.309 e. The van der Waals surface area contributed by atoms with Gasteiger partial charge in [0.2, 0.25) is 0 Å². The molecule has 1 heterocycles. The molecular formula is C16H13F2N3. The first kappa shape index (κ1) is 13.6. The number of hydrogen-bond donors (Lipinski definition) is 1. The molecule has 0 fully saturated rings. The first-order valence-electron chi connectivity index (χ1n) is 6.52. The number of halogens is 2. The van der Waals surface area contributed by atoms with Crippen LogP contribution in [0, 0.1) is 11.6 Å². The lowest BCUT2D eigenvalue weighted by Gasteiger charge is -2.18. The summed E-state index contributed by atoms with van der Waals surface area (Å²) in [6.07, 6.45) is 3.22. The van der Waals surface area contributed by atoms with Crippen molar-refractivity contribution >= 4 is 11.0 Å². The Kier molecular flexibility index (Phi) is 3.58. The zero-order valence-corrected chi connectivity index (χ0v) is 11.3. The Bertz CT molecular complexity index is 789. The van der Waals surface area contributed by atoms with Crippen molar-refractivity contribution in [3.8, 4) is 0 Å². The molecule has 0 aliphatic rings. The highest BCUT2D eigenvalue weighted by Crippen LogP contribution is 2.26. The van der Waals surface area contributed by atoms with Gasteiger partial charge in [0.05, 0.1) is 17.1 Å². The molecule has 3 aromatic rings. The van der Waals surface area contributed by atoms with Crippen LogP contribution < -0.4 is 5.32 Å². The van der Waals surface area contributed by atoms with Crippen molar-refractivity contribution in [2.24, 2.45) is 0 Å². The van der Waals surface area contributed by atoms with Gasteiger partial charge in [0.1, 0.15) is 11.6 Å². The predicted molar refractivity (Wildman–Crippen MR) is 76.8 cm³/mol. The molecule has 0 saturated heterocycles. The molecule has 0 radical (unpaired) electrons.